The molecule has 10 heteroatoms. The van der Waals surface area contributed by atoms with Crippen molar-refractivity contribution in [1.82, 2.24) is 9.29 Å². The van der Waals surface area contributed by atoms with Crippen LogP contribution in [0.4, 0.5) is 5.69 Å². The molecule has 196 valence electrons. The van der Waals surface area contributed by atoms with Crippen molar-refractivity contribution in [3.63, 3.8) is 0 Å². The number of nitrogens with zero attached hydrogens (tertiary/aromatic N) is 2. The van der Waals surface area contributed by atoms with E-state index in [0.29, 0.717) is 54.2 Å². The summed E-state index contributed by atoms with van der Waals surface area (Å²) in [6.45, 7) is 3.09. The first-order chi connectivity index (χ1) is 18.4. The number of nitrogens with one attached hydrogen (secondary N) is 1. The molecule has 0 atom stereocenters. The number of aromatic nitrogens is 1. The number of morpholine rings is 1. The highest BCUT2D eigenvalue weighted by Crippen LogP contribution is 2.35. The van der Waals surface area contributed by atoms with Gasteiger partial charge in [0.05, 0.1) is 23.9 Å². The number of oxazole rings is 1. The van der Waals surface area contributed by atoms with Crippen LogP contribution in [0.25, 0.3) is 22.6 Å². The second-order valence-corrected chi connectivity index (χ2v) is 11.6. The second kappa shape index (κ2) is 11.5. The van der Waals surface area contributed by atoms with Gasteiger partial charge in [0.15, 0.2) is 5.76 Å². The average Bonchev–Trinajstić information content (AvgIpc) is 3.39. The molecule has 0 bridgehead atoms. The van der Waals surface area contributed by atoms with Crippen molar-refractivity contribution in [2.24, 2.45) is 0 Å². The Balaban J connectivity index is 1.31. The summed E-state index contributed by atoms with van der Waals surface area (Å²) in [6, 6.07) is 24.4. The lowest BCUT2D eigenvalue weighted by molar-refractivity contribution is -0.113. The number of aryl methyl sites for hydroxylation is 1. The molecule has 4 aromatic rings. The van der Waals surface area contributed by atoms with Crippen LogP contribution < -0.4 is 5.32 Å². The van der Waals surface area contributed by atoms with Crippen molar-refractivity contribution < 1.29 is 22.4 Å². The molecule has 5 rings (SSSR count). The number of amides is 1. The number of thioether (sulfide) groups is 1. The molecule has 1 fully saturated rings. The van der Waals surface area contributed by atoms with Crippen molar-refractivity contribution in [1.29, 1.82) is 0 Å². The van der Waals surface area contributed by atoms with Gasteiger partial charge in [0.2, 0.25) is 15.9 Å². The van der Waals surface area contributed by atoms with E-state index in [-0.39, 0.29) is 16.6 Å². The average molecular weight is 550 g/mol. The van der Waals surface area contributed by atoms with E-state index in [9.17, 15) is 13.2 Å². The van der Waals surface area contributed by atoms with Crippen LogP contribution in [0.3, 0.4) is 0 Å². The number of ether oxygens (including phenoxy) is 1. The van der Waals surface area contributed by atoms with Crippen LogP contribution in [0.15, 0.2) is 93.4 Å². The zero-order valence-corrected chi connectivity index (χ0v) is 22.4. The molecule has 1 amide bonds. The van der Waals surface area contributed by atoms with Gasteiger partial charge in [-0.3, -0.25) is 4.79 Å². The van der Waals surface area contributed by atoms with Crippen LogP contribution in [0.1, 0.15) is 5.56 Å². The molecule has 0 unspecified atom stereocenters. The highest BCUT2D eigenvalue weighted by molar-refractivity contribution is 7.99. The van der Waals surface area contributed by atoms with Crippen molar-refractivity contribution in [3.05, 3.63) is 84.4 Å². The molecular formula is C28H27N3O5S2. The molecule has 1 N–H and O–H groups in total. The van der Waals surface area contributed by atoms with Crippen LogP contribution in [0.5, 0.6) is 0 Å². The summed E-state index contributed by atoms with van der Waals surface area (Å²) in [5.74, 6) is 0.382. The Hall–Kier alpha value is -3.44. The fourth-order valence-corrected chi connectivity index (χ4v) is 6.43. The molecule has 1 saturated heterocycles. The summed E-state index contributed by atoms with van der Waals surface area (Å²) in [4.78, 5) is 17.6. The SMILES string of the molecule is Cc1ccc(NC(=O)CSc2nc(-c3ccccc3)c(-c3ccccc3)o2)cc1S(=O)(=O)N1CCOCC1. The monoisotopic (exact) mass is 549 g/mol. The lowest BCUT2D eigenvalue weighted by atomic mass is 10.1. The Morgan fingerprint density at radius 3 is 2.32 bits per heavy atom. The maximum atomic E-state index is 13.2. The van der Waals surface area contributed by atoms with Crippen LogP contribution >= 0.6 is 11.8 Å². The number of sulfonamides is 1. The van der Waals surface area contributed by atoms with Crippen molar-refractivity contribution in [2.75, 3.05) is 37.4 Å². The van der Waals surface area contributed by atoms with Crippen LogP contribution in [-0.4, -0.2) is 55.7 Å². The minimum absolute atomic E-state index is 0.0440. The van der Waals surface area contributed by atoms with Gasteiger partial charge in [0.25, 0.3) is 5.22 Å². The third kappa shape index (κ3) is 5.83. The minimum Gasteiger partial charge on any atom is -0.431 e. The van der Waals surface area contributed by atoms with E-state index in [4.69, 9.17) is 9.15 Å². The third-order valence-corrected chi connectivity index (χ3v) is 8.95. The van der Waals surface area contributed by atoms with Crippen LogP contribution in [0.2, 0.25) is 0 Å². The number of carbonyl (C=O) groups is 1. The number of hydrogen-bond donors (Lipinski definition) is 1. The van der Waals surface area contributed by atoms with Gasteiger partial charge in [-0.25, -0.2) is 13.4 Å². The van der Waals surface area contributed by atoms with Gasteiger partial charge in [0, 0.05) is 29.9 Å². The number of hydrogen-bond acceptors (Lipinski definition) is 7. The molecule has 0 spiro atoms. The summed E-state index contributed by atoms with van der Waals surface area (Å²) in [7, 11) is -3.69. The molecule has 0 aliphatic carbocycles. The number of rotatable bonds is 8. The summed E-state index contributed by atoms with van der Waals surface area (Å²) >= 11 is 1.18. The van der Waals surface area contributed by atoms with E-state index >= 15 is 0 Å². The van der Waals surface area contributed by atoms with Crippen LogP contribution in [0, 0.1) is 6.92 Å². The van der Waals surface area contributed by atoms with E-state index in [0.717, 1.165) is 11.1 Å². The Labute approximate surface area is 226 Å². The van der Waals surface area contributed by atoms with Gasteiger partial charge >= 0.3 is 0 Å². The summed E-state index contributed by atoms with van der Waals surface area (Å²) in [5.41, 5.74) is 3.54. The maximum Gasteiger partial charge on any atom is 0.257 e. The molecule has 3 aromatic carbocycles. The fraction of sp³-hybridized carbons (Fsp3) is 0.214. The molecule has 0 radical (unpaired) electrons. The molecule has 1 aliphatic heterocycles. The van der Waals surface area contributed by atoms with Crippen molar-refractivity contribution in [3.8, 4) is 22.6 Å². The normalized spacial score (nSPS) is 14.3. The van der Waals surface area contributed by atoms with Gasteiger partial charge in [-0.2, -0.15) is 4.31 Å². The Morgan fingerprint density at radius 2 is 1.63 bits per heavy atom. The summed E-state index contributed by atoms with van der Waals surface area (Å²) in [5, 5.41) is 3.18. The van der Waals surface area contributed by atoms with E-state index in [1.54, 1.807) is 19.1 Å². The van der Waals surface area contributed by atoms with E-state index in [1.807, 2.05) is 60.7 Å². The van der Waals surface area contributed by atoms with Crippen molar-refractivity contribution >= 4 is 33.4 Å². The standard InChI is InChI=1S/C28H27N3O5S2/c1-20-12-13-23(18-24(20)38(33,34)31-14-16-35-17-15-31)29-25(32)19-37-28-30-26(21-8-4-2-5-9-21)27(36-28)22-10-6-3-7-11-22/h2-13,18H,14-17,19H2,1H3,(H,29,32). The number of benzene rings is 3. The molecule has 8 nitrogen and oxygen atoms in total. The topological polar surface area (TPSA) is 102 Å². The smallest absolute Gasteiger partial charge is 0.257 e. The Kier molecular flexibility index (Phi) is 7.94. The number of carbonyl (C=O) groups excluding carboxylic acids is 1. The van der Waals surface area contributed by atoms with Crippen molar-refractivity contribution in [2.45, 2.75) is 17.0 Å². The lowest BCUT2D eigenvalue weighted by Gasteiger charge is -2.26. The second-order valence-electron chi connectivity index (χ2n) is 8.72. The fourth-order valence-electron chi connectivity index (χ4n) is 4.15. The Morgan fingerprint density at radius 1 is 0.974 bits per heavy atom. The highest BCUT2D eigenvalue weighted by atomic mass is 32.2. The van der Waals surface area contributed by atoms with Gasteiger partial charge in [-0.15, -0.1) is 0 Å². The zero-order valence-electron chi connectivity index (χ0n) is 20.8. The van der Waals surface area contributed by atoms with Gasteiger partial charge < -0.3 is 14.5 Å². The largest absolute Gasteiger partial charge is 0.431 e. The number of anilines is 1. The summed E-state index contributed by atoms with van der Waals surface area (Å²) < 4.78 is 39.1. The van der Waals surface area contributed by atoms with E-state index < -0.39 is 10.0 Å². The first-order valence-corrected chi connectivity index (χ1v) is 14.6. The first-order valence-electron chi connectivity index (χ1n) is 12.1. The van der Waals surface area contributed by atoms with Gasteiger partial charge in [-0.1, -0.05) is 78.5 Å². The molecular weight excluding hydrogens is 522 g/mol. The molecule has 2 heterocycles. The highest BCUT2D eigenvalue weighted by Gasteiger charge is 2.28. The quantitative estimate of drug-likeness (QED) is 0.306. The predicted molar refractivity (Wildman–Crippen MR) is 147 cm³/mol. The lowest BCUT2D eigenvalue weighted by Crippen LogP contribution is -2.40. The molecule has 1 aromatic heterocycles. The third-order valence-electron chi connectivity index (χ3n) is 6.08. The van der Waals surface area contributed by atoms with E-state index in [2.05, 4.69) is 10.3 Å². The van der Waals surface area contributed by atoms with Gasteiger partial charge in [-0.05, 0) is 24.6 Å². The first kappa shape index (κ1) is 26.2. The minimum atomic E-state index is -3.69. The maximum absolute atomic E-state index is 13.2. The van der Waals surface area contributed by atoms with Gasteiger partial charge in [0.1, 0.15) is 5.69 Å². The molecule has 38 heavy (non-hydrogen) atoms. The van der Waals surface area contributed by atoms with E-state index in [1.165, 1.54) is 22.1 Å². The predicted octanol–water partition coefficient (Wildman–Crippen LogP) is 5.07. The van der Waals surface area contributed by atoms with Crippen LogP contribution in [-0.2, 0) is 19.6 Å². The zero-order chi connectivity index (χ0) is 26.5. The Bertz CT molecular complexity index is 1460. The summed E-state index contributed by atoms with van der Waals surface area (Å²) in [6.07, 6.45) is 0. The molecule has 0 saturated carbocycles. The molecule has 1 aliphatic rings.